The Kier molecular flexibility index (Phi) is 3.23. The average molecular weight is 292 g/mol. The predicted octanol–water partition coefficient (Wildman–Crippen LogP) is 3.81. The van der Waals surface area contributed by atoms with Gasteiger partial charge in [-0.05, 0) is 35.8 Å². The number of halogens is 1. The lowest BCUT2D eigenvalue weighted by atomic mass is 10.2. The molecule has 1 saturated heterocycles. The molecule has 1 aliphatic rings. The van der Waals surface area contributed by atoms with Crippen molar-refractivity contribution < 1.29 is 0 Å². The van der Waals surface area contributed by atoms with Gasteiger partial charge in [0.25, 0.3) is 0 Å². The number of fused-ring (bicyclic) bond motifs is 1. The van der Waals surface area contributed by atoms with Gasteiger partial charge in [0.1, 0.15) is 5.82 Å². The zero-order chi connectivity index (χ0) is 13.5. The molecule has 2 aromatic rings. The van der Waals surface area contributed by atoms with Gasteiger partial charge in [0.05, 0.1) is 13.6 Å². The van der Waals surface area contributed by atoms with E-state index in [-0.39, 0.29) is 0 Å². The van der Waals surface area contributed by atoms with E-state index in [1.807, 2.05) is 18.2 Å². The van der Waals surface area contributed by atoms with Crippen LogP contribution in [-0.2, 0) is 0 Å². The van der Waals surface area contributed by atoms with Gasteiger partial charge in [-0.15, -0.1) is 0 Å². The van der Waals surface area contributed by atoms with Crippen molar-refractivity contribution >= 4 is 36.4 Å². The molecule has 0 saturated carbocycles. The Hall–Kier alpha value is -1.13. The summed E-state index contributed by atoms with van der Waals surface area (Å²) in [5.41, 5.74) is 0.930. The van der Waals surface area contributed by atoms with Crippen molar-refractivity contribution in [3.8, 4) is 0 Å². The Morgan fingerprint density at radius 3 is 2.53 bits per heavy atom. The van der Waals surface area contributed by atoms with E-state index in [0.717, 1.165) is 29.8 Å². The molecule has 3 nitrogen and oxygen atoms in total. The number of hydrogen-bond donors (Lipinski definition) is 0. The molecule has 1 aromatic heterocycles. The molecule has 0 amide bonds. The van der Waals surface area contributed by atoms with Gasteiger partial charge in [-0.25, -0.2) is 4.98 Å². The number of rotatable bonds is 1. The lowest BCUT2D eigenvalue weighted by Gasteiger charge is -2.36. The third kappa shape index (κ3) is 2.60. The van der Waals surface area contributed by atoms with E-state index in [1.165, 1.54) is 12.1 Å². The Morgan fingerprint density at radius 2 is 1.79 bits per heavy atom. The van der Waals surface area contributed by atoms with Gasteiger partial charge in [0, 0.05) is 18.5 Å². The molecule has 0 bridgehead atoms. The van der Waals surface area contributed by atoms with Crippen molar-refractivity contribution in [2.75, 3.05) is 18.0 Å². The summed E-state index contributed by atoms with van der Waals surface area (Å²) in [6.45, 7) is 7.12. The molecule has 0 atom stereocenters. The summed E-state index contributed by atoms with van der Waals surface area (Å²) in [4.78, 5) is 11.1. The number of aromatic nitrogens is 2. The second-order valence-corrected chi connectivity index (χ2v) is 11.7. The average Bonchev–Trinajstić information content (AvgIpc) is 2.38. The van der Waals surface area contributed by atoms with Crippen LogP contribution in [0.25, 0.3) is 10.9 Å². The van der Waals surface area contributed by atoms with Crippen LogP contribution >= 0.6 is 11.6 Å². The normalized spacial score (nSPS) is 18.8. The lowest BCUT2D eigenvalue weighted by molar-refractivity contribution is 0.794. The molecule has 0 N–H and O–H groups in total. The summed E-state index contributed by atoms with van der Waals surface area (Å²) in [5.74, 6) is 1.00. The van der Waals surface area contributed by atoms with Crippen molar-refractivity contribution in [3.05, 3.63) is 29.5 Å². The van der Waals surface area contributed by atoms with E-state index >= 15 is 0 Å². The smallest absolute Gasteiger partial charge is 0.224 e. The Bertz CT molecular complexity index is 605. The fourth-order valence-corrected chi connectivity index (χ4v) is 4.77. The van der Waals surface area contributed by atoms with Crippen molar-refractivity contribution in [3.63, 3.8) is 0 Å². The largest absolute Gasteiger partial charge is 0.357 e. The fraction of sp³-hybridized carbons (Fsp3) is 0.429. The van der Waals surface area contributed by atoms with Crippen molar-refractivity contribution in [2.45, 2.75) is 25.2 Å². The van der Waals surface area contributed by atoms with E-state index in [9.17, 15) is 0 Å². The summed E-state index contributed by atoms with van der Waals surface area (Å²) in [5, 5.41) is 1.45. The Balaban J connectivity index is 2.01. The topological polar surface area (TPSA) is 29.0 Å². The molecule has 0 radical (unpaired) electrons. The van der Waals surface area contributed by atoms with E-state index in [2.05, 4.69) is 34.0 Å². The molecule has 2 heterocycles. The maximum absolute atomic E-state index is 6.06. The van der Waals surface area contributed by atoms with E-state index in [0.29, 0.717) is 5.28 Å². The van der Waals surface area contributed by atoms with Crippen LogP contribution in [0.15, 0.2) is 24.3 Å². The van der Waals surface area contributed by atoms with Crippen LogP contribution in [0.2, 0.25) is 30.5 Å². The summed E-state index contributed by atoms with van der Waals surface area (Å²) in [6.07, 6.45) is 0. The molecule has 1 aromatic carbocycles. The molecule has 0 unspecified atom stereocenters. The number of anilines is 1. The standard InChI is InChI=1S/C14H18ClN3Si/c1-19(2)9-7-18(8-10-19)13-11-5-3-4-6-12(11)16-14(15)17-13/h3-6H,7-10H2,1-2H3. The van der Waals surface area contributed by atoms with Crippen LogP contribution in [0.5, 0.6) is 0 Å². The number of nitrogens with zero attached hydrogens (tertiary/aromatic N) is 3. The van der Waals surface area contributed by atoms with Crippen molar-refractivity contribution in [1.82, 2.24) is 9.97 Å². The summed E-state index contributed by atoms with van der Waals surface area (Å²) < 4.78 is 0. The highest BCUT2D eigenvalue weighted by Gasteiger charge is 2.28. The van der Waals surface area contributed by atoms with Crippen LogP contribution in [0.4, 0.5) is 5.82 Å². The molecule has 5 heteroatoms. The van der Waals surface area contributed by atoms with Gasteiger partial charge in [-0.3, -0.25) is 0 Å². The molecule has 1 aliphatic heterocycles. The quantitative estimate of drug-likeness (QED) is 0.591. The molecule has 19 heavy (non-hydrogen) atoms. The lowest BCUT2D eigenvalue weighted by Crippen LogP contribution is -2.43. The second-order valence-electron chi connectivity index (χ2n) is 5.98. The van der Waals surface area contributed by atoms with Crippen molar-refractivity contribution in [2.24, 2.45) is 0 Å². The summed E-state index contributed by atoms with van der Waals surface area (Å²) in [6, 6.07) is 10.7. The highest BCUT2D eigenvalue weighted by molar-refractivity contribution is 6.77. The SMILES string of the molecule is C[Si]1(C)CCN(c2nc(Cl)nc3ccccc23)CC1. The van der Waals surface area contributed by atoms with Gasteiger partial charge < -0.3 is 4.90 Å². The first-order chi connectivity index (χ1) is 9.05. The summed E-state index contributed by atoms with van der Waals surface area (Å²) >= 11 is 6.06. The summed E-state index contributed by atoms with van der Waals surface area (Å²) in [7, 11) is -0.964. The fourth-order valence-electron chi connectivity index (χ4n) is 2.60. The monoisotopic (exact) mass is 291 g/mol. The molecule has 100 valence electrons. The third-order valence-electron chi connectivity index (χ3n) is 3.97. The van der Waals surface area contributed by atoms with Gasteiger partial charge >= 0.3 is 0 Å². The molecule has 3 rings (SSSR count). The first kappa shape index (κ1) is 12.9. The first-order valence-electron chi connectivity index (χ1n) is 6.72. The van der Waals surface area contributed by atoms with Crippen LogP contribution in [0.3, 0.4) is 0 Å². The number of hydrogen-bond acceptors (Lipinski definition) is 3. The van der Waals surface area contributed by atoms with Crippen LogP contribution in [0.1, 0.15) is 0 Å². The molecule has 1 fully saturated rings. The van der Waals surface area contributed by atoms with Gasteiger partial charge in [0.15, 0.2) is 0 Å². The zero-order valence-corrected chi connectivity index (χ0v) is 13.1. The zero-order valence-electron chi connectivity index (χ0n) is 11.4. The third-order valence-corrected chi connectivity index (χ3v) is 7.30. The number of para-hydroxylation sites is 1. The number of benzene rings is 1. The highest BCUT2D eigenvalue weighted by atomic mass is 35.5. The van der Waals surface area contributed by atoms with E-state index in [4.69, 9.17) is 11.6 Å². The van der Waals surface area contributed by atoms with Crippen LogP contribution in [-0.4, -0.2) is 31.1 Å². The van der Waals surface area contributed by atoms with E-state index in [1.54, 1.807) is 0 Å². The first-order valence-corrected chi connectivity index (χ1v) is 10.5. The van der Waals surface area contributed by atoms with Gasteiger partial charge in [0.2, 0.25) is 5.28 Å². The van der Waals surface area contributed by atoms with Crippen LogP contribution < -0.4 is 4.90 Å². The maximum Gasteiger partial charge on any atom is 0.224 e. The predicted molar refractivity (Wildman–Crippen MR) is 83.9 cm³/mol. The van der Waals surface area contributed by atoms with E-state index < -0.39 is 8.07 Å². The maximum atomic E-state index is 6.06. The minimum Gasteiger partial charge on any atom is -0.357 e. The Labute approximate surface area is 119 Å². The van der Waals surface area contributed by atoms with Gasteiger partial charge in [-0.1, -0.05) is 25.2 Å². The molecule has 0 spiro atoms. The Morgan fingerprint density at radius 1 is 1.11 bits per heavy atom. The second kappa shape index (κ2) is 4.76. The molecule has 0 aliphatic carbocycles. The molecular formula is C14H18ClN3Si. The minimum absolute atomic E-state index is 0.343. The van der Waals surface area contributed by atoms with Gasteiger partial charge in [-0.2, -0.15) is 4.98 Å². The minimum atomic E-state index is -0.964. The van der Waals surface area contributed by atoms with Crippen LogP contribution in [0, 0.1) is 0 Å². The highest BCUT2D eigenvalue weighted by Crippen LogP contribution is 2.30. The molecular weight excluding hydrogens is 274 g/mol. The van der Waals surface area contributed by atoms with Crippen molar-refractivity contribution in [1.29, 1.82) is 0 Å².